The van der Waals surface area contributed by atoms with Crippen LogP contribution < -0.4 is 9.47 Å². The Morgan fingerprint density at radius 1 is 1.23 bits per heavy atom. The molecule has 160 valence electrons. The molecule has 2 aromatic carbocycles. The number of terminal acetylenes is 1. The van der Waals surface area contributed by atoms with Crippen molar-refractivity contribution in [3.8, 4) is 23.8 Å². The highest BCUT2D eigenvalue weighted by molar-refractivity contribution is 5.85. The summed E-state index contributed by atoms with van der Waals surface area (Å²) < 4.78 is 40.6. The summed E-state index contributed by atoms with van der Waals surface area (Å²) in [7, 11) is 0. The lowest BCUT2D eigenvalue weighted by atomic mass is 9.83. The molecule has 1 spiro atoms. The molecule has 1 fully saturated rings. The second-order valence-corrected chi connectivity index (χ2v) is 7.65. The Morgan fingerprint density at radius 2 is 1.90 bits per heavy atom. The van der Waals surface area contributed by atoms with E-state index in [9.17, 15) is 13.6 Å². The SMILES string of the molecule is C#CCOc1c(F)cc(C2=CC3(CCN(CC(=O)O)CC3)Oc3ccccc32)cc1F. The van der Waals surface area contributed by atoms with Gasteiger partial charge in [0.2, 0.25) is 0 Å². The van der Waals surface area contributed by atoms with Crippen molar-refractivity contribution < 1.29 is 28.2 Å². The number of carboxylic acids is 1. The molecule has 1 N–H and O–H groups in total. The van der Waals surface area contributed by atoms with Gasteiger partial charge < -0.3 is 14.6 Å². The molecule has 0 bridgehead atoms. The zero-order valence-electron chi connectivity index (χ0n) is 16.7. The predicted molar refractivity (Wildman–Crippen MR) is 111 cm³/mol. The summed E-state index contributed by atoms with van der Waals surface area (Å²) in [5, 5.41) is 9.04. The van der Waals surface area contributed by atoms with E-state index in [4.69, 9.17) is 21.0 Å². The minimum absolute atomic E-state index is 0.0290. The molecule has 4 rings (SSSR count). The van der Waals surface area contributed by atoms with Crippen LogP contribution >= 0.6 is 0 Å². The monoisotopic (exact) mass is 425 g/mol. The predicted octanol–water partition coefficient (Wildman–Crippen LogP) is 3.72. The molecule has 2 aromatic rings. The van der Waals surface area contributed by atoms with E-state index in [1.54, 1.807) is 0 Å². The maximum absolute atomic E-state index is 14.6. The molecule has 0 amide bonds. The standard InChI is InChI=1S/C24H21F2NO4/c1-2-11-30-23-19(25)12-16(13-20(23)26)18-14-24(31-21-6-4-3-5-17(18)21)7-9-27(10-8-24)15-22(28)29/h1,3-6,12-14H,7-11,15H2,(H,28,29). The van der Waals surface area contributed by atoms with E-state index in [0.29, 0.717) is 42.8 Å². The maximum Gasteiger partial charge on any atom is 0.317 e. The van der Waals surface area contributed by atoms with Gasteiger partial charge in [-0.15, -0.1) is 6.42 Å². The highest BCUT2D eigenvalue weighted by Gasteiger charge is 2.39. The zero-order valence-corrected chi connectivity index (χ0v) is 16.7. The van der Waals surface area contributed by atoms with Gasteiger partial charge in [0.15, 0.2) is 17.4 Å². The summed E-state index contributed by atoms with van der Waals surface area (Å²) in [6, 6.07) is 9.80. The molecule has 2 aliphatic rings. The van der Waals surface area contributed by atoms with Crippen LogP contribution in [0.4, 0.5) is 8.78 Å². The summed E-state index contributed by atoms with van der Waals surface area (Å²) in [6.07, 6.45) is 8.14. The Labute approximate surface area is 178 Å². The van der Waals surface area contributed by atoms with Crippen molar-refractivity contribution in [2.45, 2.75) is 18.4 Å². The third-order valence-corrected chi connectivity index (χ3v) is 5.57. The Balaban J connectivity index is 1.71. The van der Waals surface area contributed by atoms with Gasteiger partial charge in [0.1, 0.15) is 18.0 Å². The van der Waals surface area contributed by atoms with Crippen LogP contribution in [0.25, 0.3) is 5.57 Å². The fourth-order valence-electron chi connectivity index (χ4n) is 4.10. The molecule has 5 nitrogen and oxygen atoms in total. The first-order chi connectivity index (χ1) is 14.9. The number of fused-ring (bicyclic) bond motifs is 1. The number of nitrogens with zero attached hydrogens (tertiary/aromatic N) is 1. The Hall–Kier alpha value is -3.37. The van der Waals surface area contributed by atoms with Crippen LogP contribution in [0, 0.1) is 24.0 Å². The van der Waals surface area contributed by atoms with Crippen molar-refractivity contribution in [3.05, 3.63) is 65.2 Å². The number of ether oxygens (including phenoxy) is 2. The van der Waals surface area contributed by atoms with Gasteiger partial charge in [-0.25, -0.2) is 8.78 Å². The minimum Gasteiger partial charge on any atom is -0.482 e. The van der Waals surface area contributed by atoms with Gasteiger partial charge in [0.05, 0.1) is 6.54 Å². The van der Waals surface area contributed by atoms with Crippen LogP contribution in [0.1, 0.15) is 24.0 Å². The Morgan fingerprint density at radius 3 is 2.55 bits per heavy atom. The number of benzene rings is 2. The van der Waals surface area contributed by atoms with Crippen molar-refractivity contribution >= 4 is 11.5 Å². The van der Waals surface area contributed by atoms with Gasteiger partial charge >= 0.3 is 5.97 Å². The first-order valence-electron chi connectivity index (χ1n) is 9.92. The van der Waals surface area contributed by atoms with Crippen LogP contribution in [-0.4, -0.2) is 47.8 Å². The van der Waals surface area contributed by atoms with Gasteiger partial charge in [-0.2, -0.15) is 0 Å². The first kappa shape index (κ1) is 20.9. The van der Waals surface area contributed by atoms with E-state index in [-0.39, 0.29) is 13.2 Å². The zero-order chi connectivity index (χ0) is 22.0. The molecule has 0 radical (unpaired) electrons. The van der Waals surface area contributed by atoms with Gasteiger partial charge in [0, 0.05) is 31.5 Å². The molecule has 0 saturated carbocycles. The fraction of sp³-hybridized carbons (Fsp3) is 0.292. The lowest BCUT2D eigenvalue weighted by Gasteiger charge is -2.42. The largest absolute Gasteiger partial charge is 0.482 e. The molecule has 2 aliphatic heterocycles. The van der Waals surface area contributed by atoms with E-state index >= 15 is 0 Å². The van der Waals surface area contributed by atoms with E-state index < -0.39 is 29.0 Å². The van der Waals surface area contributed by atoms with Crippen LogP contribution in [0.5, 0.6) is 11.5 Å². The van der Waals surface area contributed by atoms with Crippen LogP contribution in [0.2, 0.25) is 0 Å². The number of likely N-dealkylation sites (tertiary alicyclic amines) is 1. The number of carbonyl (C=O) groups is 1. The number of piperidine rings is 1. The van der Waals surface area contributed by atoms with Crippen molar-refractivity contribution in [1.82, 2.24) is 4.90 Å². The minimum atomic E-state index is -0.875. The topological polar surface area (TPSA) is 59.0 Å². The van der Waals surface area contributed by atoms with Crippen molar-refractivity contribution in [2.75, 3.05) is 26.2 Å². The third-order valence-electron chi connectivity index (χ3n) is 5.57. The average Bonchev–Trinajstić information content (AvgIpc) is 2.74. The highest BCUT2D eigenvalue weighted by Crippen LogP contribution is 2.44. The van der Waals surface area contributed by atoms with Crippen molar-refractivity contribution in [1.29, 1.82) is 0 Å². The average molecular weight is 425 g/mol. The van der Waals surface area contributed by atoms with E-state index in [1.165, 1.54) is 12.1 Å². The van der Waals surface area contributed by atoms with Crippen LogP contribution in [0.15, 0.2) is 42.5 Å². The van der Waals surface area contributed by atoms with Gasteiger partial charge in [-0.05, 0) is 35.4 Å². The fourth-order valence-corrected chi connectivity index (χ4v) is 4.10. The molecular weight excluding hydrogens is 404 g/mol. The maximum atomic E-state index is 14.6. The first-order valence-corrected chi connectivity index (χ1v) is 9.92. The van der Waals surface area contributed by atoms with Gasteiger partial charge in [-0.3, -0.25) is 9.69 Å². The smallest absolute Gasteiger partial charge is 0.317 e. The lowest BCUT2D eigenvalue weighted by Crippen LogP contribution is -2.49. The Bertz CT molecular complexity index is 1060. The number of carboxylic acid groups (broad SMARTS) is 1. The molecular formula is C24H21F2NO4. The normalized spacial score (nSPS) is 17.3. The second kappa shape index (κ2) is 8.40. The number of aliphatic carboxylic acids is 1. The molecule has 7 heteroatoms. The summed E-state index contributed by atoms with van der Waals surface area (Å²) in [4.78, 5) is 12.9. The molecule has 0 aromatic heterocycles. The molecule has 1 saturated heterocycles. The molecule has 0 aliphatic carbocycles. The summed E-state index contributed by atoms with van der Waals surface area (Å²) in [5.41, 5.74) is 1.09. The summed E-state index contributed by atoms with van der Waals surface area (Å²) in [6.45, 7) is 0.820. The van der Waals surface area contributed by atoms with Crippen LogP contribution in [-0.2, 0) is 4.79 Å². The van der Waals surface area contributed by atoms with Crippen molar-refractivity contribution in [2.24, 2.45) is 0 Å². The van der Waals surface area contributed by atoms with E-state index in [1.807, 2.05) is 35.2 Å². The van der Waals surface area contributed by atoms with E-state index in [0.717, 1.165) is 5.56 Å². The summed E-state index contributed by atoms with van der Waals surface area (Å²) in [5.74, 6) is -0.225. The molecule has 0 unspecified atom stereocenters. The molecule has 2 heterocycles. The third kappa shape index (κ3) is 4.25. The highest BCUT2D eigenvalue weighted by atomic mass is 19.1. The van der Waals surface area contributed by atoms with Crippen LogP contribution in [0.3, 0.4) is 0 Å². The molecule has 0 atom stereocenters. The quantitative estimate of drug-likeness (QED) is 0.740. The summed E-state index contributed by atoms with van der Waals surface area (Å²) >= 11 is 0. The number of halogens is 2. The van der Waals surface area contributed by atoms with Gasteiger partial charge in [-0.1, -0.05) is 24.1 Å². The number of para-hydroxylation sites is 1. The number of hydrogen-bond acceptors (Lipinski definition) is 4. The van der Waals surface area contributed by atoms with Gasteiger partial charge in [0.25, 0.3) is 0 Å². The second-order valence-electron chi connectivity index (χ2n) is 7.65. The van der Waals surface area contributed by atoms with Crippen molar-refractivity contribution in [3.63, 3.8) is 0 Å². The Kier molecular flexibility index (Phi) is 5.66. The number of hydrogen-bond donors (Lipinski definition) is 1. The number of rotatable bonds is 5. The molecule has 31 heavy (non-hydrogen) atoms. The lowest BCUT2D eigenvalue weighted by molar-refractivity contribution is -0.139. The van der Waals surface area contributed by atoms with E-state index in [2.05, 4.69) is 5.92 Å².